The minimum Gasteiger partial charge on any atom is -0.378 e. The van der Waals surface area contributed by atoms with Crippen molar-refractivity contribution in [1.82, 2.24) is 10.2 Å². The van der Waals surface area contributed by atoms with Crippen molar-refractivity contribution in [3.8, 4) is 0 Å². The van der Waals surface area contributed by atoms with Crippen molar-refractivity contribution in [1.29, 1.82) is 0 Å². The summed E-state index contributed by atoms with van der Waals surface area (Å²) in [4.78, 5) is 2.29. The average Bonchev–Trinajstić information content (AvgIpc) is 2.32. The van der Waals surface area contributed by atoms with E-state index in [2.05, 4.69) is 24.2 Å². The van der Waals surface area contributed by atoms with Crippen LogP contribution in [-0.2, 0) is 4.74 Å². The van der Waals surface area contributed by atoms with Crippen LogP contribution in [0.25, 0.3) is 0 Å². The van der Waals surface area contributed by atoms with Crippen molar-refractivity contribution in [2.24, 2.45) is 0 Å². The molecule has 1 N–H and O–H groups in total. The van der Waals surface area contributed by atoms with Crippen LogP contribution in [0.3, 0.4) is 0 Å². The molecule has 0 unspecified atom stereocenters. The van der Waals surface area contributed by atoms with Gasteiger partial charge in [0.05, 0.1) is 6.10 Å². The maximum atomic E-state index is 5.34. The van der Waals surface area contributed by atoms with Gasteiger partial charge in [-0.05, 0) is 13.6 Å². The van der Waals surface area contributed by atoms with E-state index in [9.17, 15) is 0 Å². The molecule has 66 valence electrons. The van der Waals surface area contributed by atoms with Crippen LogP contribution >= 0.6 is 0 Å². The van der Waals surface area contributed by atoms with Crippen molar-refractivity contribution < 1.29 is 4.74 Å². The van der Waals surface area contributed by atoms with E-state index in [0.717, 1.165) is 19.6 Å². The number of likely N-dealkylation sites (tertiary alicyclic amines) is 1. The smallest absolute Gasteiger partial charge is 0.0863 e. The zero-order chi connectivity index (χ0) is 8.27. The Morgan fingerprint density at radius 2 is 2.27 bits per heavy atom. The normalized spacial score (nSPS) is 33.0. The van der Waals surface area contributed by atoms with Gasteiger partial charge < -0.3 is 15.0 Å². The molecular formula is C8H18N2O. The van der Waals surface area contributed by atoms with E-state index in [0.29, 0.717) is 12.1 Å². The molecule has 0 amide bonds. The molecule has 3 heteroatoms. The molecule has 1 aliphatic rings. The summed E-state index contributed by atoms with van der Waals surface area (Å²) in [7, 11) is 3.91. The molecule has 1 heterocycles. The molecule has 3 nitrogen and oxygen atoms in total. The van der Waals surface area contributed by atoms with Crippen LogP contribution in [0.4, 0.5) is 0 Å². The fourth-order valence-electron chi connectivity index (χ4n) is 1.66. The number of ether oxygens (including phenoxy) is 1. The second-order valence-electron chi connectivity index (χ2n) is 3.16. The molecule has 0 saturated carbocycles. The number of methoxy groups -OCH3 is 1. The lowest BCUT2D eigenvalue weighted by atomic mass is 10.2. The number of nitrogens with one attached hydrogen (secondary N) is 1. The number of rotatable bonds is 3. The van der Waals surface area contributed by atoms with Gasteiger partial charge in [-0.15, -0.1) is 0 Å². The third-order valence-electron chi connectivity index (χ3n) is 2.22. The Morgan fingerprint density at radius 1 is 1.55 bits per heavy atom. The minimum atomic E-state index is 0.375. The third kappa shape index (κ3) is 2.15. The van der Waals surface area contributed by atoms with Gasteiger partial charge in [0.15, 0.2) is 0 Å². The predicted molar refractivity (Wildman–Crippen MR) is 45.8 cm³/mol. The van der Waals surface area contributed by atoms with E-state index in [1.165, 1.54) is 0 Å². The SMILES string of the molecule is CCN[C@H]1CN(C)C[C@H]1OC. The molecule has 1 rings (SSSR count). The predicted octanol–water partition coefficient (Wildman–Crippen LogP) is -0.0751. The van der Waals surface area contributed by atoms with Gasteiger partial charge in [0.2, 0.25) is 0 Å². The van der Waals surface area contributed by atoms with E-state index in [-0.39, 0.29) is 0 Å². The van der Waals surface area contributed by atoms with Gasteiger partial charge >= 0.3 is 0 Å². The summed E-state index contributed by atoms with van der Waals surface area (Å²) in [5.41, 5.74) is 0. The van der Waals surface area contributed by atoms with Gasteiger partial charge in [-0.25, -0.2) is 0 Å². The highest BCUT2D eigenvalue weighted by atomic mass is 16.5. The van der Waals surface area contributed by atoms with E-state index < -0.39 is 0 Å². The van der Waals surface area contributed by atoms with Crippen LogP contribution in [-0.4, -0.2) is 50.8 Å². The molecule has 0 bridgehead atoms. The van der Waals surface area contributed by atoms with Gasteiger partial charge in [0.25, 0.3) is 0 Å². The highest BCUT2D eigenvalue weighted by Crippen LogP contribution is 2.10. The zero-order valence-corrected chi connectivity index (χ0v) is 7.63. The van der Waals surface area contributed by atoms with Crippen molar-refractivity contribution in [2.75, 3.05) is 33.8 Å². The molecule has 0 aromatic heterocycles. The molecule has 1 aliphatic heterocycles. The van der Waals surface area contributed by atoms with Gasteiger partial charge in [-0.2, -0.15) is 0 Å². The molecule has 0 aromatic carbocycles. The van der Waals surface area contributed by atoms with Crippen LogP contribution in [0.5, 0.6) is 0 Å². The maximum absolute atomic E-state index is 5.34. The first kappa shape index (κ1) is 8.97. The second-order valence-corrected chi connectivity index (χ2v) is 3.16. The van der Waals surface area contributed by atoms with Gasteiger partial charge in [0, 0.05) is 26.2 Å². The Balaban J connectivity index is 2.37. The summed E-state index contributed by atoms with van der Waals surface area (Å²) in [6.07, 6.45) is 0.375. The summed E-state index contributed by atoms with van der Waals surface area (Å²) in [6.45, 7) is 5.31. The Bertz CT molecular complexity index is 119. The fourth-order valence-corrected chi connectivity index (χ4v) is 1.66. The van der Waals surface area contributed by atoms with Crippen LogP contribution in [0.15, 0.2) is 0 Å². The summed E-state index contributed by atoms with van der Waals surface area (Å²) < 4.78 is 5.34. The van der Waals surface area contributed by atoms with Crippen LogP contribution in [0.1, 0.15) is 6.92 Å². The largest absolute Gasteiger partial charge is 0.378 e. The molecule has 1 fully saturated rings. The lowest BCUT2D eigenvalue weighted by Crippen LogP contribution is -2.39. The quantitative estimate of drug-likeness (QED) is 0.622. The summed E-state index contributed by atoms with van der Waals surface area (Å²) in [5.74, 6) is 0. The highest BCUT2D eigenvalue weighted by molar-refractivity contribution is 4.88. The van der Waals surface area contributed by atoms with Gasteiger partial charge in [-0.3, -0.25) is 0 Å². The van der Waals surface area contributed by atoms with Crippen LogP contribution < -0.4 is 5.32 Å². The molecule has 0 spiro atoms. The zero-order valence-electron chi connectivity index (χ0n) is 7.63. The summed E-state index contributed by atoms with van der Waals surface area (Å²) in [5, 5.41) is 3.41. The Morgan fingerprint density at radius 3 is 2.82 bits per heavy atom. The Labute approximate surface area is 68.7 Å². The molecule has 0 radical (unpaired) electrons. The molecule has 11 heavy (non-hydrogen) atoms. The van der Waals surface area contributed by atoms with Crippen molar-refractivity contribution in [3.63, 3.8) is 0 Å². The fraction of sp³-hybridized carbons (Fsp3) is 1.00. The van der Waals surface area contributed by atoms with Crippen molar-refractivity contribution in [3.05, 3.63) is 0 Å². The molecule has 1 saturated heterocycles. The van der Waals surface area contributed by atoms with Gasteiger partial charge in [-0.1, -0.05) is 6.92 Å². The highest BCUT2D eigenvalue weighted by Gasteiger charge is 2.29. The van der Waals surface area contributed by atoms with Crippen LogP contribution in [0.2, 0.25) is 0 Å². The lowest BCUT2D eigenvalue weighted by molar-refractivity contribution is 0.0920. The standard InChI is InChI=1S/C8H18N2O/c1-4-9-7-5-10(2)6-8(7)11-3/h7-9H,4-6H2,1-3H3/t7-,8+/m0/s1. The number of likely N-dealkylation sites (N-methyl/N-ethyl adjacent to an activating group) is 2. The van der Waals surface area contributed by atoms with Crippen molar-refractivity contribution in [2.45, 2.75) is 19.1 Å². The molecular weight excluding hydrogens is 140 g/mol. The Kier molecular flexibility index (Phi) is 3.30. The number of hydrogen-bond donors (Lipinski definition) is 1. The first-order chi connectivity index (χ1) is 5.27. The average molecular weight is 158 g/mol. The third-order valence-corrected chi connectivity index (χ3v) is 2.22. The Hall–Kier alpha value is -0.120. The van der Waals surface area contributed by atoms with Crippen molar-refractivity contribution >= 4 is 0 Å². The topological polar surface area (TPSA) is 24.5 Å². The van der Waals surface area contributed by atoms with E-state index in [1.807, 2.05) is 0 Å². The minimum absolute atomic E-state index is 0.375. The van der Waals surface area contributed by atoms with E-state index in [4.69, 9.17) is 4.74 Å². The second kappa shape index (κ2) is 4.04. The summed E-state index contributed by atoms with van der Waals surface area (Å²) in [6, 6.07) is 0.523. The molecule has 2 atom stereocenters. The van der Waals surface area contributed by atoms with Gasteiger partial charge in [0.1, 0.15) is 0 Å². The lowest BCUT2D eigenvalue weighted by Gasteiger charge is -2.16. The van der Waals surface area contributed by atoms with E-state index in [1.54, 1.807) is 7.11 Å². The molecule has 0 aromatic rings. The maximum Gasteiger partial charge on any atom is 0.0863 e. The number of nitrogens with zero attached hydrogens (tertiary/aromatic N) is 1. The number of hydrogen-bond acceptors (Lipinski definition) is 3. The monoisotopic (exact) mass is 158 g/mol. The van der Waals surface area contributed by atoms with E-state index >= 15 is 0 Å². The first-order valence-corrected chi connectivity index (χ1v) is 4.22. The summed E-state index contributed by atoms with van der Waals surface area (Å²) >= 11 is 0. The van der Waals surface area contributed by atoms with Crippen LogP contribution in [0, 0.1) is 0 Å². The first-order valence-electron chi connectivity index (χ1n) is 4.22. The molecule has 0 aliphatic carbocycles.